The highest BCUT2D eigenvalue weighted by Crippen LogP contribution is 2.39. The molecule has 1 aromatic carbocycles. The summed E-state index contributed by atoms with van der Waals surface area (Å²) in [6.07, 6.45) is 6.54. The zero-order chi connectivity index (χ0) is 31.3. The van der Waals surface area contributed by atoms with Crippen molar-refractivity contribution in [2.45, 2.75) is 58.8 Å². The molecular weight excluding hydrogens is 696 g/mol. The van der Waals surface area contributed by atoms with Crippen LogP contribution in [-0.4, -0.2) is 55.8 Å². The minimum Gasteiger partial charge on any atom is -0.444 e. The molecule has 0 atom stereocenters. The first-order valence-corrected chi connectivity index (χ1v) is 17.4. The second-order valence-corrected chi connectivity index (χ2v) is 15.3. The van der Waals surface area contributed by atoms with Crippen LogP contribution in [0, 0.1) is 0 Å². The Morgan fingerprint density at radius 3 is 2.62 bits per heavy atom. The Morgan fingerprint density at radius 2 is 1.80 bits per heavy atom. The third-order valence-electron chi connectivity index (χ3n) is 7.72. The Hall–Kier alpha value is -3.23. The van der Waals surface area contributed by atoms with Gasteiger partial charge < -0.3 is 20.3 Å². The molecule has 45 heavy (non-hydrogen) atoms. The van der Waals surface area contributed by atoms with Crippen molar-refractivity contribution >= 4 is 94.5 Å². The van der Waals surface area contributed by atoms with Crippen LogP contribution in [0.25, 0.3) is 20.4 Å². The van der Waals surface area contributed by atoms with Crippen LogP contribution < -0.4 is 10.6 Å². The van der Waals surface area contributed by atoms with Gasteiger partial charge in [-0.1, -0.05) is 11.6 Å². The molecule has 232 valence electrons. The lowest BCUT2D eigenvalue weighted by Crippen LogP contribution is -2.39. The molecule has 3 aliphatic rings. The number of hydrogen-bond donors (Lipinski definition) is 2. The first-order chi connectivity index (χ1) is 21.6. The van der Waals surface area contributed by atoms with E-state index >= 15 is 0 Å². The number of nitrogens with one attached hydrogen (secondary N) is 2. The van der Waals surface area contributed by atoms with Crippen LogP contribution >= 0.6 is 50.2 Å². The quantitative estimate of drug-likeness (QED) is 0.181. The molecule has 5 aromatic rings. The number of halogens is 2. The van der Waals surface area contributed by atoms with Crippen molar-refractivity contribution < 1.29 is 9.53 Å². The number of benzene rings is 1. The number of rotatable bonds is 2. The van der Waals surface area contributed by atoms with Crippen molar-refractivity contribution in [3.8, 4) is 0 Å². The molecule has 0 radical (unpaired) electrons. The molecule has 8 rings (SSSR count). The van der Waals surface area contributed by atoms with Gasteiger partial charge in [-0.2, -0.15) is 0 Å². The molecule has 0 fully saturated rings. The Kier molecular flexibility index (Phi) is 8.23. The lowest BCUT2D eigenvalue weighted by atomic mass is 10.1. The van der Waals surface area contributed by atoms with Gasteiger partial charge in [0.1, 0.15) is 38.9 Å². The average Bonchev–Trinajstić information content (AvgIpc) is 3.72. The number of anilines is 2. The summed E-state index contributed by atoms with van der Waals surface area (Å²) in [5.41, 5.74) is 5.50. The zero-order valence-corrected chi connectivity index (χ0v) is 28.9. The van der Waals surface area contributed by atoms with Crippen molar-refractivity contribution in [1.82, 2.24) is 30.2 Å². The van der Waals surface area contributed by atoms with E-state index in [4.69, 9.17) is 16.3 Å². The van der Waals surface area contributed by atoms with Gasteiger partial charge >= 0.3 is 6.09 Å². The van der Waals surface area contributed by atoms with Crippen molar-refractivity contribution in [2.24, 2.45) is 4.99 Å². The molecule has 0 spiro atoms. The molecule has 0 bridgehead atoms. The van der Waals surface area contributed by atoms with E-state index in [0.29, 0.717) is 18.2 Å². The fourth-order valence-corrected chi connectivity index (χ4v) is 8.83. The van der Waals surface area contributed by atoms with E-state index in [1.807, 2.05) is 27.0 Å². The highest BCUT2D eigenvalue weighted by molar-refractivity contribution is 9.10. The van der Waals surface area contributed by atoms with Gasteiger partial charge in [-0.05, 0) is 90.5 Å². The number of aromatic nitrogens is 4. The molecule has 4 aromatic heterocycles. The van der Waals surface area contributed by atoms with Crippen molar-refractivity contribution in [3.63, 3.8) is 0 Å². The predicted molar refractivity (Wildman–Crippen MR) is 184 cm³/mol. The largest absolute Gasteiger partial charge is 0.444 e. The van der Waals surface area contributed by atoms with E-state index in [2.05, 4.69) is 63.6 Å². The van der Waals surface area contributed by atoms with Crippen LogP contribution in [0.4, 0.5) is 16.3 Å². The Labute approximate surface area is 281 Å². The summed E-state index contributed by atoms with van der Waals surface area (Å²) in [6, 6.07) is 4.26. The Morgan fingerprint density at radius 1 is 1.04 bits per heavy atom. The van der Waals surface area contributed by atoms with Crippen molar-refractivity contribution in [2.75, 3.05) is 18.4 Å². The van der Waals surface area contributed by atoms with Gasteiger partial charge in [0.15, 0.2) is 0 Å². The van der Waals surface area contributed by atoms with Crippen LogP contribution in [0.15, 0.2) is 34.3 Å². The molecular formula is C31H30BrClN8O2S2. The number of aliphatic imine (C=N–C) groups is 1. The molecule has 0 unspecified atom stereocenters. The molecule has 2 N–H and O–H groups in total. The number of nitrogens with zero attached hydrogens (tertiary/aromatic N) is 6. The number of amides is 1. The van der Waals surface area contributed by atoms with Gasteiger partial charge in [0, 0.05) is 33.5 Å². The number of ether oxygens (including phenoxy) is 1. The third kappa shape index (κ3) is 6.16. The van der Waals surface area contributed by atoms with E-state index < -0.39 is 5.60 Å². The van der Waals surface area contributed by atoms with Crippen LogP contribution in [-0.2, 0) is 37.2 Å². The molecule has 3 aliphatic heterocycles. The van der Waals surface area contributed by atoms with E-state index in [1.165, 1.54) is 38.8 Å². The maximum Gasteiger partial charge on any atom is 0.410 e. The number of fused-ring (bicyclic) bond motifs is 7. The normalized spacial score (nSPS) is 15.4. The third-order valence-corrected chi connectivity index (χ3v) is 10.9. The monoisotopic (exact) mass is 724 g/mol. The fourth-order valence-electron chi connectivity index (χ4n) is 5.68. The lowest BCUT2D eigenvalue weighted by molar-refractivity contribution is 0.0227. The average molecular weight is 726 g/mol. The number of carbonyl (C=O) groups is 1. The minimum atomic E-state index is -0.480. The SMILES string of the molecule is Brc1cc2c(cc1Nc1ncnc3sc4c(c13)CCNC4)C=NC2.CC(C)(C)OC(=O)N1CCc2c(sc3ncnc(Cl)c23)C1. The van der Waals surface area contributed by atoms with Crippen molar-refractivity contribution in [3.05, 3.63) is 66.4 Å². The van der Waals surface area contributed by atoms with E-state index in [0.717, 1.165) is 68.4 Å². The molecule has 0 saturated heterocycles. The standard InChI is InChI=1S/C17H14BrN5S.C14H16ClN3O2S/c18-12-3-9-5-20-6-10(9)4-13(12)23-16-15-11-1-2-19-7-14(11)24-17(15)22-8-21-16;1-14(2,3)20-13(19)18-5-4-8-9(6-18)21-12-10(8)11(15)16-7-17-12/h3-4,6,8,19H,1-2,5,7H2,(H,21,22,23);7H,4-6H2,1-3H3. The van der Waals surface area contributed by atoms with Crippen LogP contribution in [0.1, 0.15) is 52.8 Å². The number of thiophene rings is 2. The van der Waals surface area contributed by atoms with Crippen molar-refractivity contribution in [1.29, 1.82) is 0 Å². The molecule has 14 heteroatoms. The van der Waals surface area contributed by atoms with E-state index in [-0.39, 0.29) is 6.09 Å². The summed E-state index contributed by atoms with van der Waals surface area (Å²) in [4.78, 5) is 40.0. The topological polar surface area (TPSA) is 118 Å². The van der Waals surface area contributed by atoms with Gasteiger partial charge in [-0.15, -0.1) is 22.7 Å². The maximum absolute atomic E-state index is 12.2. The first kappa shape index (κ1) is 30.4. The maximum atomic E-state index is 12.2. The molecule has 7 heterocycles. The molecule has 10 nitrogen and oxygen atoms in total. The van der Waals surface area contributed by atoms with Gasteiger partial charge in [-0.3, -0.25) is 4.99 Å². The highest BCUT2D eigenvalue weighted by Gasteiger charge is 2.29. The second kappa shape index (κ2) is 12.2. The minimum absolute atomic E-state index is 0.275. The summed E-state index contributed by atoms with van der Waals surface area (Å²) >= 11 is 13.2. The van der Waals surface area contributed by atoms with E-state index in [1.54, 1.807) is 33.9 Å². The molecule has 0 aliphatic carbocycles. The smallest absolute Gasteiger partial charge is 0.410 e. The predicted octanol–water partition coefficient (Wildman–Crippen LogP) is 7.41. The van der Waals surface area contributed by atoms with E-state index in [9.17, 15) is 4.79 Å². The van der Waals surface area contributed by atoms with Gasteiger partial charge in [-0.25, -0.2) is 24.7 Å². The van der Waals surface area contributed by atoms with Gasteiger partial charge in [0.2, 0.25) is 0 Å². The summed E-state index contributed by atoms with van der Waals surface area (Å²) in [7, 11) is 0. The van der Waals surface area contributed by atoms with Crippen LogP contribution in [0.3, 0.4) is 0 Å². The Bertz CT molecular complexity index is 1990. The second-order valence-electron chi connectivity index (χ2n) is 12.0. The fraction of sp³-hybridized carbons (Fsp3) is 0.355. The van der Waals surface area contributed by atoms with Crippen LogP contribution in [0.5, 0.6) is 0 Å². The first-order valence-electron chi connectivity index (χ1n) is 14.6. The summed E-state index contributed by atoms with van der Waals surface area (Å²) in [6.45, 7) is 9.47. The molecule has 1 amide bonds. The molecule has 0 saturated carbocycles. The lowest BCUT2D eigenvalue weighted by Gasteiger charge is -2.30. The number of hydrogen-bond acceptors (Lipinski definition) is 11. The summed E-state index contributed by atoms with van der Waals surface area (Å²) in [5.74, 6) is 0.884. The van der Waals surface area contributed by atoms with Gasteiger partial charge in [0.25, 0.3) is 0 Å². The zero-order valence-electron chi connectivity index (χ0n) is 24.9. The van der Waals surface area contributed by atoms with Gasteiger partial charge in [0.05, 0.1) is 29.5 Å². The Balaban J connectivity index is 0.000000146. The summed E-state index contributed by atoms with van der Waals surface area (Å²) < 4.78 is 6.46. The summed E-state index contributed by atoms with van der Waals surface area (Å²) in [5, 5.41) is 9.53. The number of carbonyl (C=O) groups excluding carboxylic acids is 1. The van der Waals surface area contributed by atoms with Crippen LogP contribution in [0.2, 0.25) is 5.15 Å². The highest BCUT2D eigenvalue weighted by atomic mass is 79.9.